The van der Waals surface area contributed by atoms with Crippen molar-refractivity contribution in [2.45, 2.75) is 13.3 Å². The van der Waals surface area contributed by atoms with Crippen molar-refractivity contribution < 1.29 is 4.79 Å². The third-order valence-electron chi connectivity index (χ3n) is 3.27. The summed E-state index contributed by atoms with van der Waals surface area (Å²) in [7, 11) is 3.99. The molecule has 1 aliphatic rings. The van der Waals surface area contributed by atoms with Crippen LogP contribution in [0, 0.1) is 0 Å². The van der Waals surface area contributed by atoms with Crippen molar-refractivity contribution in [3.63, 3.8) is 0 Å². The van der Waals surface area contributed by atoms with Gasteiger partial charge in [-0.05, 0) is 56.3 Å². The van der Waals surface area contributed by atoms with Crippen molar-refractivity contribution in [3.05, 3.63) is 41.0 Å². The first-order valence-corrected chi connectivity index (χ1v) is 6.31. The van der Waals surface area contributed by atoms with Crippen LogP contribution in [0.4, 0.5) is 0 Å². The number of hydrogen-bond donors (Lipinski definition) is 1. The number of carbonyl (C=O) groups excluding carboxylic acids is 1. The summed E-state index contributed by atoms with van der Waals surface area (Å²) in [6.45, 7) is 3.63. The number of likely N-dealkylation sites (N-methyl/N-ethyl adjacent to an activating group) is 1. The number of rotatable bonds is 4. The first kappa shape index (κ1) is 12.8. The Balaban J connectivity index is 2.03. The molecule has 0 saturated heterocycles. The van der Waals surface area contributed by atoms with Crippen molar-refractivity contribution in [2.75, 3.05) is 27.2 Å². The van der Waals surface area contributed by atoms with E-state index in [2.05, 4.69) is 29.3 Å². The van der Waals surface area contributed by atoms with E-state index in [1.54, 1.807) is 0 Å². The van der Waals surface area contributed by atoms with Crippen LogP contribution in [0.1, 0.15) is 28.4 Å². The fourth-order valence-corrected chi connectivity index (χ4v) is 2.13. The third kappa shape index (κ3) is 2.79. The molecule has 0 aromatic heterocycles. The van der Waals surface area contributed by atoms with Crippen molar-refractivity contribution in [2.24, 2.45) is 0 Å². The summed E-state index contributed by atoms with van der Waals surface area (Å²) in [5, 5.41) is 2.94. The number of allylic oxidation sites excluding steroid dienone is 2. The first-order valence-electron chi connectivity index (χ1n) is 6.31. The summed E-state index contributed by atoms with van der Waals surface area (Å²) in [6.07, 6.45) is 3.20. The van der Waals surface area contributed by atoms with Crippen LogP contribution in [0.5, 0.6) is 0 Å². The van der Waals surface area contributed by atoms with Crippen LogP contribution in [0.25, 0.3) is 5.57 Å². The fraction of sp³-hybridized carbons (Fsp3) is 0.400. The zero-order valence-corrected chi connectivity index (χ0v) is 11.3. The number of carbonyl (C=O) groups is 1. The van der Waals surface area contributed by atoms with Gasteiger partial charge in [-0.2, -0.15) is 0 Å². The highest BCUT2D eigenvalue weighted by Gasteiger charge is 2.13. The highest BCUT2D eigenvalue weighted by molar-refractivity contribution is 5.95. The highest BCUT2D eigenvalue weighted by Crippen LogP contribution is 2.27. The average Bonchev–Trinajstić information content (AvgIpc) is 2.70. The Bertz CT molecular complexity index is 489. The summed E-state index contributed by atoms with van der Waals surface area (Å²) in [4.78, 5) is 14.0. The molecule has 0 heterocycles. The lowest BCUT2D eigenvalue weighted by Gasteiger charge is -2.11. The van der Waals surface area contributed by atoms with E-state index in [0.717, 1.165) is 18.5 Å². The molecule has 1 N–H and O–H groups in total. The van der Waals surface area contributed by atoms with Gasteiger partial charge in [-0.3, -0.25) is 4.79 Å². The lowest BCUT2D eigenvalue weighted by Crippen LogP contribution is -2.31. The second-order valence-corrected chi connectivity index (χ2v) is 5.02. The average molecular weight is 244 g/mol. The van der Waals surface area contributed by atoms with Crippen molar-refractivity contribution >= 4 is 11.5 Å². The molecular weight excluding hydrogens is 224 g/mol. The number of amides is 1. The van der Waals surface area contributed by atoms with Gasteiger partial charge >= 0.3 is 0 Å². The second-order valence-electron chi connectivity index (χ2n) is 5.02. The Morgan fingerprint density at radius 3 is 2.89 bits per heavy atom. The minimum atomic E-state index is 0.0133. The van der Waals surface area contributed by atoms with Gasteiger partial charge in [0, 0.05) is 18.7 Å². The lowest BCUT2D eigenvalue weighted by molar-refractivity contribution is 0.0951. The van der Waals surface area contributed by atoms with Gasteiger partial charge < -0.3 is 10.2 Å². The maximum absolute atomic E-state index is 12.0. The lowest BCUT2D eigenvalue weighted by atomic mass is 10.0. The van der Waals surface area contributed by atoms with Crippen LogP contribution in [0.15, 0.2) is 24.3 Å². The van der Waals surface area contributed by atoms with E-state index in [1.165, 1.54) is 16.7 Å². The van der Waals surface area contributed by atoms with Gasteiger partial charge in [0.25, 0.3) is 5.91 Å². The molecule has 0 radical (unpaired) electrons. The van der Waals surface area contributed by atoms with Gasteiger partial charge in [0.05, 0.1) is 0 Å². The summed E-state index contributed by atoms with van der Waals surface area (Å²) in [6, 6.07) is 5.97. The zero-order chi connectivity index (χ0) is 13.1. The first-order chi connectivity index (χ1) is 8.58. The molecule has 0 aliphatic heterocycles. The third-order valence-corrected chi connectivity index (χ3v) is 3.27. The predicted molar refractivity (Wildman–Crippen MR) is 74.7 cm³/mol. The number of nitrogens with one attached hydrogen (secondary N) is 1. The van der Waals surface area contributed by atoms with Gasteiger partial charge in [-0.25, -0.2) is 0 Å². The van der Waals surface area contributed by atoms with Crippen LogP contribution in [-0.4, -0.2) is 38.0 Å². The molecule has 18 heavy (non-hydrogen) atoms. The zero-order valence-electron chi connectivity index (χ0n) is 11.3. The van der Waals surface area contributed by atoms with Gasteiger partial charge in [0.2, 0.25) is 0 Å². The molecule has 96 valence electrons. The molecule has 0 bridgehead atoms. The normalized spacial score (nSPS) is 13.4. The van der Waals surface area contributed by atoms with E-state index < -0.39 is 0 Å². The predicted octanol–water partition coefficient (Wildman–Crippen LogP) is 1.94. The molecule has 1 aliphatic carbocycles. The molecule has 1 amide bonds. The van der Waals surface area contributed by atoms with E-state index in [1.807, 2.05) is 26.2 Å². The summed E-state index contributed by atoms with van der Waals surface area (Å²) in [5.74, 6) is 0.0133. The van der Waals surface area contributed by atoms with E-state index in [0.29, 0.717) is 6.54 Å². The van der Waals surface area contributed by atoms with Crippen molar-refractivity contribution in [3.8, 4) is 0 Å². The Labute approximate surface area is 108 Å². The summed E-state index contributed by atoms with van der Waals surface area (Å²) in [5.41, 5.74) is 4.56. The molecule has 0 spiro atoms. The quantitative estimate of drug-likeness (QED) is 0.878. The van der Waals surface area contributed by atoms with E-state index in [4.69, 9.17) is 0 Å². The van der Waals surface area contributed by atoms with Crippen molar-refractivity contribution in [1.82, 2.24) is 10.2 Å². The minimum absolute atomic E-state index is 0.0133. The molecule has 1 aromatic carbocycles. The molecular formula is C15H20N2O. The SMILES string of the molecule is CC1=CCc2ccc(C(=O)NCCN(C)C)cc21. The Hall–Kier alpha value is -1.61. The standard InChI is InChI=1S/C15H20N2O/c1-11-4-5-12-6-7-13(10-14(11)12)15(18)16-8-9-17(2)3/h4,6-7,10H,5,8-9H2,1-3H3,(H,16,18). The van der Waals surface area contributed by atoms with Crippen LogP contribution in [0.3, 0.4) is 0 Å². The summed E-state index contributed by atoms with van der Waals surface area (Å²) >= 11 is 0. The largest absolute Gasteiger partial charge is 0.351 e. The molecule has 3 nitrogen and oxygen atoms in total. The Kier molecular flexibility index (Phi) is 3.82. The molecule has 0 fully saturated rings. The minimum Gasteiger partial charge on any atom is -0.351 e. The van der Waals surface area contributed by atoms with Gasteiger partial charge in [0.15, 0.2) is 0 Å². The van der Waals surface area contributed by atoms with E-state index >= 15 is 0 Å². The number of benzene rings is 1. The number of fused-ring (bicyclic) bond motifs is 1. The van der Waals surface area contributed by atoms with Crippen LogP contribution in [0.2, 0.25) is 0 Å². The van der Waals surface area contributed by atoms with Crippen LogP contribution < -0.4 is 5.32 Å². The van der Waals surface area contributed by atoms with Gasteiger partial charge in [0.1, 0.15) is 0 Å². The van der Waals surface area contributed by atoms with Gasteiger partial charge in [-0.15, -0.1) is 0 Å². The second kappa shape index (κ2) is 5.36. The monoisotopic (exact) mass is 244 g/mol. The van der Waals surface area contributed by atoms with E-state index in [-0.39, 0.29) is 5.91 Å². The van der Waals surface area contributed by atoms with Crippen molar-refractivity contribution in [1.29, 1.82) is 0 Å². The highest BCUT2D eigenvalue weighted by atomic mass is 16.1. The Morgan fingerprint density at radius 1 is 1.39 bits per heavy atom. The Morgan fingerprint density at radius 2 is 2.17 bits per heavy atom. The number of nitrogens with zero attached hydrogens (tertiary/aromatic N) is 1. The fourth-order valence-electron chi connectivity index (χ4n) is 2.13. The van der Waals surface area contributed by atoms with Crippen LogP contribution in [-0.2, 0) is 6.42 Å². The molecule has 1 aromatic rings. The van der Waals surface area contributed by atoms with Crippen LogP contribution >= 0.6 is 0 Å². The molecule has 3 heteroatoms. The maximum atomic E-state index is 12.0. The molecule has 2 rings (SSSR count). The molecule has 0 unspecified atom stereocenters. The van der Waals surface area contributed by atoms with Gasteiger partial charge in [-0.1, -0.05) is 12.1 Å². The summed E-state index contributed by atoms with van der Waals surface area (Å²) < 4.78 is 0. The maximum Gasteiger partial charge on any atom is 0.251 e. The smallest absolute Gasteiger partial charge is 0.251 e. The molecule has 0 saturated carbocycles. The molecule has 0 atom stereocenters. The van der Waals surface area contributed by atoms with E-state index in [9.17, 15) is 4.79 Å². The number of hydrogen-bond acceptors (Lipinski definition) is 2. The topological polar surface area (TPSA) is 32.3 Å².